The number of nitrogens with zero attached hydrogens (tertiary/aromatic N) is 2. The van der Waals surface area contributed by atoms with Crippen molar-refractivity contribution in [1.82, 2.24) is 15.1 Å². The number of carbonyl (C=O) groups is 2. The molecule has 0 aromatic carbocycles. The molecule has 270 valence electrons. The van der Waals surface area contributed by atoms with Crippen LogP contribution in [0.15, 0.2) is 0 Å². The quantitative estimate of drug-likeness (QED) is 0.332. The summed E-state index contributed by atoms with van der Waals surface area (Å²) < 4.78 is 24.9. The molecule has 5 saturated carbocycles. The molecule has 48 heavy (non-hydrogen) atoms. The summed E-state index contributed by atoms with van der Waals surface area (Å²) >= 11 is 0. The summed E-state index contributed by atoms with van der Waals surface area (Å²) in [6.45, 7) is 18.3. The Morgan fingerprint density at radius 3 is 2.40 bits per heavy atom. The molecule has 3 saturated heterocycles. The van der Waals surface area contributed by atoms with Crippen LogP contribution in [0.1, 0.15) is 105 Å². The highest BCUT2D eigenvalue weighted by atomic mass is 16.6. The van der Waals surface area contributed by atoms with E-state index in [1.165, 1.54) is 51.4 Å². The van der Waals surface area contributed by atoms with Gasteiger partial charge in [-0.2, -0.15) is 0 Å². The fraction of sp³-hybridized carbons (Fsp3) is 0.949. The molecule has 9 nitrogen and oxygen atoms in total. The molecule has 0 aromatic heterocycles. The summed E-state index contributed by atoms with van der Waals surface area (Å²) in [6, 6.07) is 0. The van der Waals surface area contributed by atoms with Gasteiger partial charge in [0.05, 0.1) is 25.4 Å². The molecular weight excluding hydrogens is 606 g/mol. The predicted octanol–water partition coefficient (Wildman–Crippen LogP) is 6.49. The summed E-state index contributed by atoms with van der Waals surface area (Å²) in [5.74, 6) is 2.97. The lowest BCUT2D eigenvalue weighted by Crippen LogP contribution is -2.55. The lowest BCUT2D eigenvalue weighted by Gasteiger charge is -2.59. The minimum atomic E-state index is -0.244. The van der Waals surface area contributed by atoms with Crippen molar-refractivity contribution < 1.29 is 28.5 Å². The van der Waals surface area contributed by atoms with Crippen molar-refractivity contribution in [3.8, 4) is 0 Å². The van der Waals surface area contributed by atoms with Gasteiger partial charge in [-0.15, -0.1) is 0 Å². The van der Waals surface area contributed by atoms with Gasteiger partial charge in [0.25, 0.3) is 0 Å². The van der Waals surface area contributed by atoms with Gasteiger partial charge in [0.2, 0.25) is 0 Å². The van der Waals surface area contributed by atoms with Gasteiger partial charge in [0.15, 0.2) is 0 Å². The van der Waals surface area contributed by atoms with E-state index in [9.17, 15) is 9.59 Å². The third-order valence-corrected chi connectivity index (χ3v) is 16.0. The Hall–Kier alpha value is -1.58. The first-order valence-corrected chi connectivity index (χ1v) is 19.8. The highest BCUT2D eigenvalue weighted by Crippen LogP contribution is 2.87. The van der Waals surface area contributed by atoms with Crippen LogP contribution in [0, 0.1) is 51.2 Å². The lowest BCUT2D eigenvalue weighted by molar-refractivity contribution is -0.151. The number of fused-ring (bicyclic) bond motifs is 4. The van der Waals surface area contributed by atoms with Crippen LogP contribution in [0.25, 0.3) is 0 Å². The molecule has 8 rings (SSSR count). The summed E-state index contributed by atoms with van der Waals surface area (Å²) in [7, 11) is 0. The monoisotopic (exact) mass is 669 g/mol. The smallest absolute Gasteiger partial charge is 0.410 e. The van der Waals surface area contributed by atoms with E-state index in [0.717, 1.165) is 77.0 Å². The number of carbonyl (C=O) groups excluding carboxylic acids is 2. The van der Waals surface area contributed by atoms with Crippen molar-refractivity contribution in [2.75, 3.05) is 52.5 Å². The third kappa shape index (κ3) is 5.24. The van der Waals surface area contributed by atoms with Gasteiger partial charge in [0, 0.05) is 44.7 Å². The molecule has 8 fully saturated rings. The second-order valence-corrected chi connectivity index (χ2v) is 18.5. The molecular formula is C39H63N3O6. The molecule has 2 spiro atoms. The van der Waals surface area contributed by atoms with Gasteiger partial charge in [0.1, 0.15) is 12.2 Å². The normalized spacial score (nSPS) is 45.0. The number of ether oxygens (including phenoxy) is 4. The van der Waals surface area contributed by atoms with Crippen LogP contribution in [-0.4, -0.2) is 98.9 Å². The molecule has 0 bridgehead atoms. The Morgan fingerprint density at radius 1 is 0.896 bits per heavy atom. The topological polar surface area (TPSA) is 89.6 Å². The fourth-order valence-electron chi connectivity index (χ4n) is 13.3. The molecule has 11 atom stereocenters. The molecule has 9 heteroatoms. The summed E-state index contributed by atoms with van der Waals surface area (Å²) in [4.78, 5) is 30.0. The maximum Gasteiger partial charge on any atom is 0.410 e. The number of hydrogen-bond donors (Lipinski definition) is 1. The molecule has 8 aliphatic rings. The standard InChI is InChI=1S/C39H63N3O6/c1-25(2)33(48-35(44)42-16-6-17-42)29-9-7-27-30(46-29)23-28-26-8-10-31-36(3,4)32(47-34(43)40-15-18-41-19-21-45-22-20-41)11-12-39(31)24-38(26,39)14-13-37(27,28)5/h25-33H,6-24H2,1-5H3,(H,40,43)/t26?,27?,28?,29?,30?,31?,32-,33+,37?,38-,39?/m0/s1. The SMILES string of the molecule is CC(C)[C@@H](OC(=O)N1CCC1)C1CCC2C(CC3C4CCC5C(C)(C)[C@@H](OC(=O)NCCN6CCOCC6)CCC56C[C@@]46CCC23C)O1. The molecule has 3 heterocycles. The van der Waals surface area contributed by atoms with Gasteiger partial charge in [-0.05, 0) is 116 Å². The van der Waals surface area contributed by atoms with Gasteiger partial charge in [-0.3, -0.25) is 4.90 Å². The van der Waals surface area contributed by atoms with Crippen LogP contribution in [0.2, 0.25) is 0 Å². The molecule has 2 amide bonds. The van der Waals surface area contributed by atoms with Gasteiger partial charge >= 0.3 is 12.2 Å². The largest absolute Gasteiger partial charge is 0.446 e. The number of rotatable bonds is 7. The number of hydrogen-bond acceptors (Lipinski definition) is 7. The van der Waals surface area contributed by atoms with E-state index in [1.54, 1.807) is 0 Å². The molecule has 3 aliphatic heterocycles. The first-order valence-electron chi connectivity index (χ1n) is 19.8. The van der Waals surface area contributed by atoms with Crippen molar-refractivity contribution in [3.05, 3.63) is 0 Å². The van der Waals surface area contributed by atoms with Gasteiger partial charge in [-0.1, -0.05) is 34.6 Å². The van der Waals surface area contributed by atoms with Crippen LogP contribution in [-0.2, 0) is 18.9 Å². The van der Waals surface area contributed by atoms with E-state index in [0.29, 0.717) is 34.6 Å². The third-order valence-electron chi connectivity index (χ3n) is 16.0. The van der Waals surface area contributed by atoms with E-state index < -0.39 is 0 Å². The number of nitrogens with one attached hydrogen (secondary N) is 1. The zero-order chi connectivity index (χ0) is 33.5. The highest BCUT2D eigenvalue weighted by molar-refractivity contribution is 5.68. The van der Waals surface area contributed by atoms with Crippen molar-refractivity contribution in [1.29, 1.82) is 0 Å². The average molecular weight is 670 g/mol. The second-order valence-electron chi connectivity index (χ2n) is 18.5. The number of alkyl carbamates (subject to hydrolysis) is 1. The summed E-state index contributed by atoms with van der Waals surface area (Å²) in [6.07, 6.45) is 13.0. The summed E-state index contributed by atoms with van der Waals surface area (Å²) in [5, 5.41) is 3.06. The van der Waals surface area contributed by atoms with E-state index in [4.69, 9.17) is 18.9 Å². The van der Waals surface area contributed by atoms with E-state index >= 15 is 0 Å². The highest BCUT2D eigenvalue weighted by Gasteiger charge is 2.81. The van der Waals surface area contributed by atoms with E-state index in [1.807, 2.05) is 4.90 Å². The number of amides is 2. The predicted molar refractivity (Wildman–Crippen MR) is 182 cm³/mol. The van der Waals surface area contributed by atoms with Gasteiger partial charge in [-0.25, -0.2) is 9.59 Å². The Bertz CT molecular complexity index is 1230. The molecule has 0 radical (unpaired) electrons. The van der Waals surface area contributed by atoms with E-state index in [-0.39, 0.29) is 47.9 Å². The minimum Gasteiger partial charge on any atom is -0.446 e. The Balaban J connectivity index is 0.909. The molecule has 8 unspecified atom stereocenters. The van der Waals surface area contributed by atoms with Crippen molar-refractivity contribution in [2.24, 2.45) is 51.2 Å². The maximum atomic E-state index is 13.0. The van der Waals surface area contributed by atoms with Crippen molar-refractivity contribution in [2.45, 2.75) is 130 Å². The second kappa shape index (κ2) is 12.3. The van der Waals surface area contributed by atoms with Crippen molar-refractivity contribution in [3.63, 3.8) is 0 Å². The zero-order valence-corrected chi connectivity index (χ0v) is 30.5. The molecule has 5 aliphatic carbocycles. The van der Waals surface area contributed by atoms with Crippen LogP contribution >= 0.6 is 0 Å². The maximum absolute atomic E-state index is 13.0. The Morgan fingerprint density at radius 2 is 1.67 bits per heavy atom. The zero-order valence-electron chi connectivity index (χ0n) is 30.5. The van der Waals surface area contributed by atoms with Crippen molar-refractivity contribution >= 4 is 12.2 Å². The first kappa shape index (κ1) is 33.6. The van der Waals surface area contributed by atoms with Crippen LogP contribution in [0.5, 0.6) is 0 Å². The molecule has 1 N–H and O–H groups in total. The number of likely N-dealkylation sites (tertiary alicyclic amines) is 1. The minimum absolute atomic E-state index is 0.00448. The van der Waals surface area contributed by atoms with Gasteiger partial charge < -0.3 is 29.2 Å². The summed E-state index contributed by atoms with van der Waals surface area (Å²) in [5.41, 5.74) is 1.20. The average Bonchev–Trinajstić information content (AvgIpc) is 3.60. The van der Waals surface area contributed by atoms with Crippen LogP contribution in [0.4, 0.5) is 9.59 Å². The van der Waals surface area contributed by atoms with Crippen LogP contribution in [0.3, 0.4) is 0 Å². The Kier molecular flexibility index (Phi) is 8.59. The number of morpholine rings is 1. The molecule has 0 aromatic rings. The first-order chi connectivity index (χ1) is 23.0. The van der Waals surface area contributed by atoms with E-state index in [2.05, 4.69) is 44.8 Å². The Labute approximate surface area is 288 Å². The fourth-order valence-corrected chi connectivity index (χ4v) is 13.3. The van der Waals surface area contributed by atoms with Crippen LogP contribution < -0.4 is 5.32 Å². The lowest BCUT2D eigenvalue weighted by atomic mass is 9.46.